The number of H-pyrrole nitrogens is 1. The van der Waals surface area contributed by atoms with Gasteiger partial charge in [-0.15, -0.1) is 11.8 Å². The Balaban J connectivity index is 1.53. The molecule has 2 aromatic carbocycles. The van der Waals surface area contributed by atoms with Gasteiger partial charge in [-0.1, -0.05) is 29.8 Å². The number of pyridine rings is 1. The summed E-state index contributed by atoms with van der Waals surface area (Å²) in [6, 6.07) is 14.6. The number of ether oxygens (including phenoxy) is 1. The van der Waals surface area contributed by atoms with Crippen LogP contribution >= 0.6 is 23.4 Å². The zero-order chi connectivity index (χ0) is 22.5. The number of thioether (sulfide) groups is 1. The molecule has 32 heavy (non-hydrogen) atoms. The first-order chi connectivity index (χ1) is 15.5. The van der Waals surface area contributed by atoms with Crippen molar-refractivity contribution >= 4 is 46.1 Å². The summed E-state index contributed by atoms with van der Waals surface area (Å²) in [7, 11) is 0. The van der Waals surface area contributed by atoms with Crippen molar-refractivity contribution in [3.8, 4) is 0 Å². The molecule has 3 aromatic rings. The highest BCUT2D eigenvalue weighted by Gasteiger charge is 2.27. The fourth-order valence-electron chi connectivity index (χ4n) is 3.73. The molecule has 0 saturated heterocycles. The van der Waals surface area contributed by atoms with Crippen LogP contribution in [0.3, 0.4) is 0 Å². The largest absolute Gasteiger partial charge is 0.461 e. The van der Waals surface area contributed by atoms with Crippen molar-refractivity contribution in [3.63, 3.8) is 0 Å². The monoisotopic (exact) mass is 470 g/mol. The first-order valence-electron chi connectivity index (χ1n) is 10.5. The standard InChI is InChI=1S/C24H23ClN2O4S/c25-16-11-9-15(10-12-16)23(29)27-20(24(30)31-17-5-1-2-6-17)14-32-21-13-22(28)26-19-8-4-3-7-18(19)21/h3-4,7-13,17,20H,1-2,5-6,14H2,(H,26,28)(H,27,29). The molecule has 1 atom stereocenters. The van der Waals surface area contributed by atoms with Gasteiger partial charge in [0.1, 0.15) is 12.1 Å². The lowest BCUT2D eigenvalue weighted by Crippen LogP contribution is -2.44. The van der Waals surface area contributed by atoms with Crippen LogP contribution in [0.4, 0.5) is 0 Å². The quantitative estimate of drug-likeness (QED) is 0.390. The summed E-state index contributed by atoms with van der Waals surface area (Å²) in [6.45, 7) is 0. The first kappa shape index (κ1) is 22.4. The lowest BCUT2D eigenvalue weighted by atomic mass is 10.2. The van der Waals surface area contributed by atoms with Crippen LogP contribution in [0.1, 0.15) is 36.0 Å². The Bertz CT molecular complexity index is 1170. The number of carbonyl (C=O) groups excluding carboxylic acids is 2. The average molecular weight is 471 g/mol. The Kier molecular flexibility index (Phi) is 7.17. The van der Waals surface area contributed by atoms with Gasteiger partial charge in [0.15, 0.2) is 0 Å². The van der Waals surface area contributed by atoms with E-state index in [0.717, 1.165) is 41.5 Å². The number of amides is 1. The zero-order valence-electron chi connectivity index (χ0n) is 17.3. The van der Waals surface area contributed by atoms with Gasteiger partial charge >= 0.3 is 5.97 Å². The number of rotatable bonds is 7. The molecule has 1 heterocycles. The maximum Gasteiger partial charge on any atom is 0.329 e. The fourth-order valence-corrected chi connectivity index (χ4v) is 4.94. The van der Waals surface area contributed by atoms with E-state index in [2.05, 4.69) is 10.3 Å². The summed E-state index contributed by atoms with van der Waals surface area (Å²) >= 11 is 7.25. The predicted octanol–water partition coefficient (Wildman–Crippen LogP) is 4.56. The van der Waals surface area contributed by atoms with Gasteiger partial charge in [-0.05, 0) is 56.0 Å². The second-order valence-electron chi connectivity index (χ2n) is 7.73. The van der Waals surface area contributed by atoms with Crippen LogP contribution in [-0.4, -0.2) is 34.8 Å². The van der Waals surface area contributed by atoms with Crippen LogP contribution in [-0.2, 0) is 9.53 Å². The fraction of sp³-hybridized carbons (Fsp3) is 0.292. The Hall–Kier alpha value is -2.77. The Labute approximate surface area is 194 Å². The summed E-state index contributed by atoms with van der Waals surface area (Å²) in [4.78, 5) is 41.3. The second kappa shape index (κ2) is 10.2. The minimum Gasteiger partial charge on any atom is -0.461 e. The second-order valence-corrected chi connectivity index (χ2v) is 9.23. The molecule has 1 unspecified atom stereocenters. The minimum absolute atomic E-state index is 0.108. The molecule has 6 nitrogen and oxygen atoms in total. The average Bonchev–Trinajstić information content (AvgIpc) is 3.29. The van der Waals surface area contributed by atoms with Crippen molar-refractivity contribution in [1.82, 2.24) is 10.3 Å². The Morgan fingerprint density at radius 2 is 1.84 bits per heavy atom. The molecule has 0 aliphatic heterocycles. The van der Waals surface area contributed by atoms with Crippen LogP contribution in [0.5, 0.6) is 0 Å². The molecule has 0 bridgehead atoms. The topological polar surface area (TPSA) is 88.3 Å². The van der Waals surface area contributed by atoms with Crippen molar-refractivity contribution in [2.24, 2.45) is 0 Å². The molecule has 8 heteroatoms. The number of fused-ring (bicyclic) bond motifs is 1. The molecule has 0 radical (unpaired) electrons. The number of benzene rings is 2. The molecule has 4 rings (SSSR count). The van der Waals surface area contributed by atoms with Gasteiger partial charge in [0.05, 0.1) is 0 Å². The van der Waals surface area contributed by atoms with Crippen molar-refractivity contribution < 1.29 is 14.3 Å². The third-order valence-electron chi connectivity index (χ3n) is 5.40. The predicted molar refractivity (Wildman–Crippen MR) is 126 cm³/mol. The molecular weight excluding hydrogens is 448 g/mol. The molecule has 0 spiro atoms. The number of nitrogens with one attached hydrogen (secondary N) is 2. The van der Waals surface area contributed by atoms with E-state index < -0.39 is 12.0 Å². The number of halogens is 1. The highest BCUT2D eigenvalue weighted by molar-refractivity contribution is 7.99. The number of aromatic nitrogens is 1. The smallest absolute Gasteiger partial charge is 0.329 e. The Morgan fingerprint density at radius 1 is 1.12 bits per heavy atom. The summed E-state index contributed by atoms with van der Waals surface area (Å²) in [6.07, 6.45) is 3.65. The number of hydrogen-bond donors (Lipinski definition) is 2. The third kappa shape index (κ3) is 5.53. The summed E-state index contributed by atoms with van der Waals surface area (Å²) in [5.74, 6) is -0.606. The maximum absolute atomic E-state index is 12.9. The number of aromatic amines is 1. The number of hydrogen-bond acceptors (Lipinski definition) is 5. The maximum atomic E-state index is 12.9. The van der Waals surface area contributed by atoms with E-state index in [0.29, 0.717) is 10.6 Å². The van der Waals surface area contributed by atoms with E-state index in [4.69, 9.17) is 16.3 Å². The van der Waals surface area contributed by atoms with Gasteiger partial charge in [0.2, 0.25) is 5.56 Å². The molecule has 2 N–H and O–H groups in total. The summed E-state index contributed by atoms with van der Waals surface area (Å²) < 4.78 is 5.67. The Morgan fingerprint density at radius 3 is 2.59 bits per heavy atom. The molecule has 1 fully saturated rings. The van der Waals surface area contributed by atoms with Crippen LogP contribution in [0.2, 0.25) is 5.02 Å². The van der Waals surface area contributed by atoms with Crippen molar-refractivity contribution in [2.45, 2.75) is 42.7 Å². The molecule has 1 amide bonds. The van der Waals surface area contributed by atoms with Crippen molar-refractivity contribution in [3.05, 3.63) is 75.5 Å². The van der Waals surface area contributed by atoms with Crippen molar-refractivity contribution in [1.29, 1.82) is 0 Å². The highest BCUT2D eigenvalue weighted by Crippen LogP contribution is 2.27. The molecule has 1 saturated carbocycles. The summed E-state index contributed by atoms with van der Waals surface area (Å²) in [5, 5.41) is 4.20. The van der Waals surface area contributed by atoms with E-state index >= 15 is 0 Å². The van der Waals surface area contributed by atoms with Crippen molar-refractivity contribution in [2.75, 3.05) is 5.75 Å². The lowest BCUT2D eigenvalue weighted by molar-refractivity contribution is -0.150. The van der Waals surface area contributed by atoms with Crippen LogP contribution in [0, 0.1) is 0 Å². The van der Waals surface area contributed by atoms with E-state index in [-0.39, 0.29) is 23.3 Å². The highest BCUT2D eigenvalue weighted by atomic mass is 35.5. The molecule has 166 valence electrons. The van der Waals surface area contributed by atoms with E-state index in [1.54, 1.807) is 24.3 Å². The van der Waals surface area contributed by atoms with Crippen LogP contribution in [0.25, 0.3) is 10.9 Å². The number of esters is 1. The van der Waals surface area contributed by atoms with Gasteiger partial charge in [-0.25, -0.2) is 4.79 Å². The molecule has 1 aliphatic carbocycles. The van der Waals surface area contributed by atoms with Gasteiger partial charge < -0.3 is 15.0 Å². The van der Waals surface area contributed by atoms with Crippen LogP contribution in [0.15, 0.2) is 64.3 Å². The van der Waals surface area contributed by atoms with E-state index in [1.165, 1.54) is 17.8 Å². The third-order valence-corrected chi connectivity index (χ3v) is 6.80. The van der Waals surface area contributed by atoms with Gasteiger partial charge in [-0.2, -0.15) is 0 Å². The summed E-state index contributed by atoms with van der Waals surface area (Å²) in [5.41, 5.74) is 0.902. The minimum atomic E-state index is -0.859. The van der Waals surface area contributed by atoms with Gasteiger partial charge in [0, 0.05) is 38.2 Å². The molecular formula is C24H23ClN2O4S. The molecule has 1 aliphatic rings. The lowest BCUT2D eigenvalue weighted by Gasteiger charge is -2.20. The zero-order valence-corrected chi connectivity index (χ0v) is 18.9. The van der Waals surface area contributed by atoms with E-state index in [1.807, 2.05) is 24.3 Å². The van der Waals surface area contributed by atoms with Gasteiger partial charge in [0.25, 0.3) is 5.91 Å². The van der Waals surface area contributed by atoms with E-state index in [9.17, 15) is 14.4 Å². The van der Waals surface area contributed by atoms with Gasteiger partial charge in [-0.3, -0.25) is 9.59 Å². The number of para-hydroxylation sites is 1. The first-order valence-corrected chi connectivity index (χ1v) is 11.9. The SMILES string of the molecule is O=C(NC(CSc1cc(=O)[nH]c2ccccc12)C(=O)OC1CCCC1)c1ccc(Cl)cc1. The van der Waals surface area contributed by atoms with Crippen LogP contribution < -0.4 is 10.9 Å². The number of carbonyl (C=O) groups is 2. The molecule has 1 aromatic heterocycles. The normalized spacial score (nSPS) is 14.9.